The maximum absolute atomic E-state index is 10.6. The minimum atomic E-state index is -0.743. The zero-order chi connectivity index (χ0) is 27.8. The van der Waals surface area contributed by atoms with E-state index in [9.17, 15) is 20.4 Å². The SMILES string of the molecule is C[C@@]12CC[C@@H]3O[C@@H]4C[C@@H]5O[C@@H]6C[C@H](O)[C@@H](CO)O[C@H]6C[C@@]5(C)O[C@H]4C[C@H]3O[C@H]1C[C@H]1O[C@@H](CCO)[C@H](O)C[C@@H]1O2. The monoisotopic (exact) mass is 570 g/mol. The molecule has 7 fully saturated rings. The first kappa shape index (κ1) is 28.3. The van der Waals surface area contributed by atoms with Gasteiger partial charge in [-0.05, 0) is 33.1 Å². The van der Waals surface area contributed by atoms with Crippen LogP contribution in [0.3, 0.4) is 0 Å². The molecule has 11 heteroatoms. The van der Waals surface area contributed by atoms with Crippen molar-refractivity contribution < 1.29 is 53.6 Å². The van der Waals surface area contributed by atoms with Gasteiger partial charge in [0.15, 0.2) is 0 Å². The van der Waals surface area contributed by atoms with Gasteiger partial charge in [-0.15, -0.1) is 0 Å². The molecule has 7 rings (SSSR count). The van der Waals surface area contributed by atoms with Gasteiger partial charge in [0.2, 0.25) is 0 Å². The second-order valence-corrected chi connectivity index (χ2v) is 13.7. The second-order valence-electron chi connectivity index (χ2n) is 13.7. The molecule has 7 heterocycles. The zero-order valence-electron chi connectivity index (χ0n) is 23.5. The van der Waals surface area contributed by atoms with E-state index in [1.165, 1.54) is 0 Å². The van der Waals surface area contributed by atoms with Crippen LogP contribution in [0.2, 0.25) is 0 Å². The summed E-state index contributed by atoms with van der Waals surface area (Å²) < 4.78 is 45.6. The minimum Gasteiger partial charge on any atom is -0.396 e. The van der Waals surface area contributed by atoms with Crippen molar-refractivity contribution in [1.29, 1.82) is 0 Å². The third-order valence-electron chi connectivity index (χ3n) is 10.9. The summed E-state index contributed by atoms with van der Waals surface area (Å²) in [5.41, 5.74) is -1.05. The van der Waals surface area contributed by atoms with Crippen LogP contribution in [0, 0.1) is 0 Å². The fourth-order valence-electron chi connectivity index (χ4n) is 8.57. The molecule has 0 spiro atoms. The number of fused-ring (bicyclic) bond motifs is 6. The average molecular weight is 571 g/mol. The van der Waals surface area contributed by atoms with Crippen molar-refractivity contribution in [2.45, 2.75) is 168 Å². The Hall–Kier alpha value is -0.440. The lowest BCUT2D eigenvalue weighted by atomic mass is 9.77. The molecule has 0 bridgehead atoms. The number of aliphatic hydroxyl groups excluding tert-OH is 4. The fraction of sp³-hybridized carbons (Fsp3) is 1.00. The fourth-order valence-corrected chi connectivity index (χ4v) is 8.57. The smallest absolute Gasteiger partial charge is 0.107 e. The highest BCUT2D eigenvalue weighted by Crippen LogP contribution is 2.49. The van der Waals surface area contributed by atoms with E-state index in [1.807, 2.05) is 0 Å². The molecule has 0 radical (unpaired) electrons. The Morgan fingerprint density at radius 1 is 0.600 bits per heavy atom. The molecular weight excluding hydrogens is 524 g/mol. The van der Waals surface area contributed by atoms with Crippen LogP contribution >= 0.6 is 0 Å². The van der Waals surface area contributed by atoms with Crippen molar-refractivity contribution in [3.63, 3.8) is 0 Å². The Bertz CT molecular complexity index is 922. The van der Waals surface area contributed by atoms with Crippen molar-refractivity contribution in [3.8, 4) is 0 Å². The first-order chi connectivity index (χ1) is 19.2. The highest BCUT2D eigenvalue weighted by Gasteiger charge is 2.59. The number of aliphatic hydroxyl groups is 4. The summed E-state index contributed by atoms with van der Waals surface area (Å²) >= 11 is 0. The molecule has 7 aliphatic rings. The summed E-state index contributed by atoms with van der Waals surface area (Å²) in [6.07, 6.45) is 1.72. The van der Waals surface area contributed by atoms with E-state index in [0.717, 1.165) is 19.3 Å². The molecule has 0 aromatic heterocycles. The second kappa shape index (κ2) is 10.6. The zero-order valence-corrected chi connectivity index (χ0v) is 23.5. The minimum absolute atomic E-state index is 0.0242. The predicted octanol–water partition coefficient (Wildman–Crippen LogP) is 0.356. The molecule has 0 unspecified atom stereocenters. The lowest BCUT2D eigenvalue weighted by molar-refractivity contribution is -0.337. The van der Waals surface area contributed by atoms with Gasteiger partial charge >= 0.3 is 0 Å². The van der Waals surface area contributed by atoms with E-state index in [4.69, 9.17) is 33.2 Å². The summed E-state index contributed by atoms with van der Waals surface area (Å²) in [4.78, 5) is 0. The van der Waals surface area contributed by atoms with Crippen molar-refractivity contribution in [1.82, 2.24) is 0 Å². The summed E-state index contributed by atoms with van der Waals surface area (Å²) in [6, 6.07) is 0. The first-order valence-corrected chi connectivity index (χ1v) is 15.4. The standard InChI is InChI=1S/C29H46O11/c1-28-5-3-17-19(38-26(28)10-20-22(39-28)8-14(32)16(34-20)4-6-30)9-23-21(35-17)11-27-29(2,40-23)12-24-18(37-27)7-15(33)25(13-31)36-24/h14-27,30-33H,3-13H2,1-2H3/t14-,15+,16+,17+,18-,19-,20-,21-,22+,23+,24+,25-,26+,27+,28-,29-/m1/s1. The number of rotatable bonds is 3. The Balaban J connectivity index is 1.04. The molecule has 7 aliphatic heterocycles. The van der Waals surface area contributed by atoms with Crippen LogP contribution in [0.5, 0.6) is 0 Å². The molecule has 40 heavy (non-hydrogen) atoms. The summed E-state index contributed by atoms with van der Waals surface area (Å²) in [5.74, 6) is 0. The van der Waals surface area contributed by atoms with Crippen LogP contribution in [-0.4, -0.2) is 130 Å². The van der Waals surface area contributed by atoms with Gasteiger partial charge < -0.3 is 53.6 Å². The molecule has 228 valence electrons. The molecular formula is C29H46O11. The molecule has 4 N–H and O–H groups in total. The number of hydrogen-bond acceptors (Lipinski definition) is 11. The third kappa shape index (κ3) is 4.87. The number of hydrogen-bond donors (Lipinski definition) is 4. The topological polar surface area (TPSA) is 146 Å². The van der Waals surface area contributed by atoms with Gasteiger partial charge in [-0.3, -0.25) is 0 Å². The summed E-state index contributed by atoms with van der Waals surface area (Å²) in [5, 5.41) is 39.9. The van der Waals surface area contributed by atoms with E-state index in [1.54, 1.807) is 0 Å². The predicted molar refractivity (Wildman–Crippen MR) is 138 cm³/mol. The summed E-state index contributed by atoms with van der Waals surface area (Å²) in [7, 11) is 0. The van der Waals surface area contributed by atoms with Crippen molar-refractivity contribution >= 4 is 0 Å². The molecule has 0 aromatic carbocycles. The molecule has 16 atom stereocenters. The lowest BCUT2D eigenvalue weighted by Crippen LogP contribution is -2.67. The van der Waals surface area contributed by atoms with Crippen LogP contribution in [0.25, 0.3) is 0 Å². The van der Waals surface area contributed by atoms with Gasteiger partial charge in [0.25, 0.3) is 0 Å². The van der Waals surface area contributed by atoms with Gasteiger partial charge in [0.05, 0.1) is 97.2 Å². The summed E-state index contributed by atoms with van der Waals surface area (Å²) in [6.45, 7) is 3.95. The van der Waals surface area contributed by atoms with Crippen LogP contribution < -0.4 is 0 Å². The highest BCUT2D eigenvalue weighted by atomic mass is 16.6. The lowest BCUT2D eigenvalue weighted by Gasteiger charge is -2.57. The van der Waals surface area contributed by atoms with Crippen LogP contribution in [0.1, 0.15) is 71.6 Å². The Labute approximate surface area is 235 Å². The molecule has 11 nitrogen and oxygen atoms in total. The Morgan fingerprint density at radius 3 is 1.93 bits per heavy atom. The van der Waals surface area contributed by atoms with Crippen molar-refractivity contribution in [2.75, 3.05) is 13.2 Å². The van der Waals surface area contributed by atoms with Crippen LogP contribution in [-0.2, 0) is 33.2 Å². The first-order valence-electron chi connectivity index (χ1n) is 15.4. The van der Waals surface area contributed by atoms with E-state index in [2.05, 4.69) is 13.8 Å². The largest absolute Gasteiger partial charge is 0.396 e. The maximum atomic E-state index is 10.6. The quantitative estimate of drug-likeness (QED) is 0.373. The van der Waals surface area contributed by atoms with E-state index >= 15 is 0 Å². The molecule has 0 aliphatic carbocycles. The van der Waals surface area contributed by atoms with Gasteiger partial charge in [-0.2, -0.15) is 0 Å². The average Bonchev–Trinajstić information content (AvgIpc) is 3.04. The highest BCUT2D eigenvalue weighted by molar-refractivity contribution is 5.07. The van der Waals surface area contributed by atoms with Gasteiger partial charge in [0.1, 0.15) is 6.10 Å². The Morgan fingerprint density at radius 2 is 1.18 bits per heavy atom. The van der Waals surface area contributed by atoms with Crippen LogP contribution in [0.4, 0.5) is 0 Å². The van der Waals surface area contributed by atoms with Crippen LogP contribution in [0.15, 0.2) is 0 Å². The number of ether oxygens (including phenoxy) is 7. The van der Waals surface area contributed by atoms with Gasteiger partial charge in [-0.25, -0.2) is 0 Å². The molecule has 0 aromatic rings. The maximum Gasteiger partial charge on any atom is 0.107 e. The van der Waals surface area contributed by atoms with Gasteiger partial charge in [0, 0.05) is 45.1 Å². The van der Waals surface area contributed by atoms with E-state index in [-0.39, 0.29) is 80.4 Å². The normalized spacial score (nSPS) is 57.8. The van der Waals surface area contributed by atoms with E-state index in [0.29, 0.717) is 38.5 Å². The molecule has 7 saturated heterocycles. The van der Waals surface area contributed by atoms with E-state index < -0.39 is 29.5 Å². The van der Waals surface area contributed by atoms with Gasteiger partial charge in [-0.1, -0.05) is 0 Å². The molecule has 0 saturated carbocycles. The third-order valence-corrected chi connectivity index (χ3v) is 10.9. The molecule has 0 amide bonds. The van der Waals surface area contributed by atoms with Crippen molar-refractivity contribution in [2.24, 2.45) is 0 Å². The Kier molecular flexibility index (Phi) is 7.53. The van der Waals surface area contributed by atoms with Crippen molar-refractivity contribution in [3.05, 3.63) is 0 Å².